The number of nitrogens with zero attached hydrogens (tertiary/aromatic N) is 3. The molecule has 0 saturated heterocycles. The average Bonchev–Trinajstić information content (AvgIpc) is 2.99. The van der Waals surface area contributed by atoms with Gasteiger partial charge in [0.25, 0.3) is 5.91 Å². The van der Waals surface area contributed by atoms with E-state index in [1.807, 2.05) is 13.1 Å². The number of rotatable bonds is 5. The SMILES string of the molecule is Cc1cnn(Cc2cc(C(=O)N[C@H](C)C(=O)O)no2)c1. The summed E-state index contributed by atoms with van der Waals surface area (Å²) in [6, 6.07) is 0.470. The lowest BCUT2D eigenvalue weighted by Gasteiger charge is -2.06. The minimum atomic E-state index is -1.12. The number of aromatic nitrogens is 3. The average molecular weight is 278 g/mol. The Morgan fingerprint density at radius 1 is 1.55 bits per heavy atom. The molecule has 0 radical (unpaired) electrons. The molecule has 1 amide bonds. The highest BCUT2D eigenvalue weighted by Crippen LogP contribution is 2.07. The molecular weight excluding hydrogens is 264 g/mol. The summed E-state index contributed by atoms with van der Waals surface area (Å²) in [5, 5.41) is 18.7. The minimum Gasteiger partial charge on any atom is -0.480 e. The van der Waals surface area contributed by atoms with Gasteiger partial charge in [-0.3, -0.25) is 14.3 Å². The number of amides is 1. The van der Waals surface area contributed by atoms with Crippen LogP contribution in [-0.2, 0) is 11.3 Å². The van der Waals surface area contributed by atoms with E-state index in [1.54, 1.807) is 10.9 Å². The Kier molecular flexibility index (Phi) is 3.83. The Balaban J connectivity index is 2.01. The number of hydrogen-bond donors (Lipinski definition) is 2. The lowest BCUT2D eigenvalue weighted by Crippen LogP contribution is -2.38. The van der Waals surface area contributed by atoms with Gasteiger partial charge in [0.2, 0.25) is 0 Å². The maximum absolute atomic E-state index is 11.7. The number of nitrogens with one attached hydrogen (secondary N) is 1. The van der Waals surface area contributed by atoms with E-state index in [-0.39, 0.29) is 5.69 Å². The van der Waals surface area contributed by atoms with E-state index >= 15 is 0 Å². The van der Waals surface area contributed by atoms with Gasteiger partial charge in [0, 0.05) is 12.3 Å². The monoisotopic (exact) mass is 278 g/mol. The summed E-state index contributed by atoms with van der Waals surface area (Å²) < 4.78 is 6.67. The van der Waals surface area contributed by atoms with E-state index in [0.717, 1.165) is 5.56 Å². The molecule has 0 aromatic carbocycles. The van der Waals surface area contributed by atoms with Crippen molar-refractivity contribution in [1.82, 2.24) is 20.3 Å². The number of aliphatic carboxylic acids is 1. The van der Waals surface area contributed by atoms with Crippen LogP contribution >= 0.6 is 0 Å². The fourth-order valence-corrected chi connectivity index (χ4v) is 1.54. The van der Waals surface area contributed by atoms with Crippen LogP contribution in [0.2, 0.25) is 0 Å². The lowest BCUT2D eigenvalue weighted by atomic mass is 10.3. The van der Waals surface area contributed by atoms with Crippen molar-refractivity contribution in [1.29, 1.82) is 0 Å². The van der Waals surface area contributed by atoms with E-state index < -0.39 is 17.9 Å². The third kappa shape index (κ3) is 3.22. The second-order valence-electron chi connectivity index (χ2n) is 4.43. The minimum absolute atomic E-state index is 0.0389. The molecule has 0 aliphatic rings. The number of carbonyl (C=O) groups is 2. The Morgan fingerprint density at radius 2 is 2.30 bits per heavy atom. The van der Waals surface area contributed by atoms with Crippen molar-refractivity contribution in [3.05, 3.63) is 35.5 Å². The maximum atomic E-state index is 11.7. The smallest absolute Gasteiger partial charge is 0.325 e. The van der Waals surface area contributed by atoms with E-state index in [0.29, 0.717) is 12.3 Å². The predicted octanol–water partition coefficient (Wildman–Crippen LogP) is 0.431. The lowest BCUT2D eigenvalue weighted by molar-refractivity contribution is -0.138. The van der Waals surface area contributed by atoms with Crippen molar-refractivity contribution in [2.75, 3.05) is 0 Å². The van der Waals surface area contributed by atoms with Crippen molar-refractivity contribution in [2.24, 2.45) is 0 Å². The molecule has 106 valence electrons. The number of carboxylic acids is 1. The summed E-state index contributed by atoms with van der Waals surface area (Å²) in [7, 11) is 0. The zero-order chi connectivity index (χ0) is 14.7. The van der Waals surface area contributed by atoms with Crippen molar-refractivity contribution in [3.8, 4) is 0 Å². The molecule has 2 aromatic heterocycles. The molecule has 20 heavy (non-hydrogen) atoms. The van der Waals surface area contributed by atoms with Gasteiger partial charge in [0.05, 0.1) is 6.20 Å². The number of carbonyl (C=O) groups excluding carboxylic acids is 1. The van der Waals surface area contributed by atoms with Gasteiger partial charge in [0.1, 0.15) is 12.6 Å². The Morgan fingerprint density at radius 3 is 2.90 bits per heavy atom. The molecule has 8 nitrogen and oxygen atoms in total. The quantitative estimate of drug-likeness (QED) is 0.820. The summed E-state index contributed by atoms with van der Waals surface area (Å²) in [5.41, 5.74) is 1.05. The first kappa shape index (κ1) is 13.8. The second kappa shape index (κ2) is 5.55. The molecule has 2 rings (SSSR count). The Bertz CT molecular complexity index is 631. The fourth-order valence-electron chi connectivity index (χ4n) is 1.54. The maximum Gasteiger partial charge on any atom is 0.325 e. The summed E-state index contributed by atoms with van der Waals surface area (Å²) >= 11 is 0. The van der Waals surface area contributed by atoms with Gasteiger partial charge in [-0.1, -0.05) is 5.16 Å². The largest absolute Gasteiger partial charge is 0.480 e. The van der Waals surface area contributed by atoms with E-state index in [9.17, 15) is 9.59 Å². The van der Waals surface area contributed by atoms with Gasteiger partial charge in [-0.2, -0.15) is 5.10 Å². The molecule has 2 N–H and O–H groups in total. The Labute approximate surface area is 114 Å². The highest BCUT2D eigenvalue weighted by Gasteiger charge is 2.18. The Hall–Kier alpha value is -2.64. The summed E-state index contributed by atoms with van der Waals surface area (Å²) in [6.07, 6.45) is 3.54. The summed E-state index contributed by atoms with van der Waals surface area (Å²) in [4.78, 5) is 22.4. The van der Waals surface area contributed by atoms with Crippen LogP contribution in [-0.4, -0.2) is 38.0 Å². The highest BCUT2D eigenvalue weighted by molar-refractivity contribution is 5.94. The molecular formula is C12H14N4O4. The van der Waals surface area contributed by atoms with Crippen molar-refractivity contribution in [3.63, 3.8) is 0 Å². The molecule has 2 heterocycles. The normalized spacial score (nSPS) is 12.1. The first-order valence-corrected chi connectivity index (χ1v) is 5.94. The predicted molar refractivity (Wildman–Crippen MR) is 67.1 cm³/mol. The van der Waals surface area contributed by atoms with Crippen LogP contribution in [0.25, 0.3) is 0 Å². The molecule has 2 aromatic rings. The first-order valence-electron chi connectivity index (χ1n) is 5.94. The van der Waals surface area contributed by atoms with Gasteiger partial charge in [-0.05, 0) is 19.4 Å². The van der Waals surface area contributed by atoms with E-state index in [4.69, 9.17) is 9.63 Å². The standard InChI is InChI=1S/C12H14N4O4/c1-7-4-13-16(5-7)6-9-3-10(15-20-9)11(17)14-8(2)12(18)19/h3-5,8H,6H2,1-2H3,(H,14,17)(H,18,19)/t8-/m1/s1. The number of carboxylic acid groups (broad SMARTS) is 1. The number of aryl methyl sites for hydroxylation is 1. The number of hydrogen-bond acceptors (Lipinski definition) is 5. The van der Waals surface area contributed by atoms with Crippen LogP contribution in [0.1, 0.15) is 28.7 Å². The van der Waals surface area contributed by atoms with E-state index in [1.165, 1.54) is 13.0 Å². The van der Waals surface area contributed by atoms with E-state index in [2.05, 4.69) is 15.6 Å². The van der Waals surface area contributed by atoms with Gasteiger partial charge in [0.15, 0.2) is 11.5 Å². The summed E-state index contributed by atoms with van der Waals surface area (Å²) in [5.74, 6) is -1.25. The molecule has 0 unspecified atom stereocenters. The molecule has 8 heteroatoms. The zero-order valence-electron chi connectivity index (χ0n) is 11.0. The van der Waals surface area contributed by atoms with Gasteiger partial charge >= 0.3 is 5.97 Å². The third-order valence-electron chi connectivity index (χ3n) is 2.59. The molecule has 1 atom stereocenters. The molecule has 0 saturated carbocycles. The molecule has 0 aliphatic heterocycles. The van der Waals surface area contributed by atoms with Crippen LogP contribution in [0.5, 0.6) is 0 Å². The molecule has 0 bridgehead atoms. The first-order chi connectivity index (χ1) is 9.45. The van der Waals surface area contributed by atoms with Crippen LogP contribution in [0.4, 0.5) is 0 Å². The van der Waals surface area contributed by atoms with Crippen LogP contribution in [0.3, 0.4) is 0 Å². The molecule has 0 aliphatic carbocycles. The van der Waals surface area contributed by atoms with Gasteiger partial charge in [-0.25, -0.2) is 0 Å². The third-order valence-corrected chi connectivity index (χ3v) is 2.59. The van der Waals surface area contributed by atoms with Crippen molar-refractivity contribution < 1.29 is 19.2 Å². The van der Waals surface area contributed by atoms with Crippen molar-refractivity contribution in [2.45, 2.75) is 26.4 Å². The fraction of sp³-hybridized carbons (Fsp3) is 0.333. The second-order valence-corrected chi connectivity index (χ2v) is 4.43. The summed E-state index contributed by atoms with van der Waals surface area (Å²) in [6.45, 7) is 3.63. The zero-order valence-corrected chi connectivity index (χ0v) is 11.0. The topological polar surface area (TPSA) is 110 Å². The van der Waals surface area contributed by atoms with Crippen LogP contribution in [0.15, 0.2) is 23.0 Å². The molecule has 0 fully saturated rings. The van der Waals surface area contributed by atoms with Gasteiger partial charge < -0.3 is 14.9 Å². The van der Waals surface area contributed by atoms with Crippen molar-refractivity contribution >= 4 is 11.9 Å². The highest BCUT2D eigenvalue weighted by atomic mass is 16.5. The molecule has 0 spiro atoms. The van der Waals surface area contributed by atoms with Crippen LogP contribution < -0.4 is 5.32 Å². The van der Waals surface area contributed by atoms with Gasteiger partial charge in [-0.15, -0.1) is 0 Å². The van der Waals surface area contributed by atoms with Crippen LogP contribution in [0, 0.1) is 6.92 Å².